The van der Waals surface area contributed by atoms with Crippen molar-refractivity contribution in [3.05, 3.63) is 29.7 Å². The fourth-order valence-electron chi connectivity index (χ4n) is 2.03. The minimum atomic E-state index is 0.0370. The number of carbonyl (C=O) groups is 1. The summed E-state index contributed by atoms with van der Waals surface area (Å²) in [5.41, 5.74) is 5.59. The third-order valence-corrected chi connectivity index (χ3v) is 3.08. The maximum absolute atomic E-state index is 11.8. The van der Waals surface area contributed by atoms with E-state index in [1.165, 1.54) is 0 Å². The van der Waals surface area contributed by atoms with Crippen molar-refractivity contribution in [1.29, 1.82) is 0 Å². The average molecular weight is 234 g/mol. The molecule has 0 aromatic carbocycles. The van der Waals surface area contributed by atoms with E-state index in [1.807, 2.05) is 24.0 Å². The molecule has 0 saturated carbocycles. The largest absolute Gasteiger partial charge is 0.462 e. The molecule has 1 atom stereocenters. The van der Waals surface area contributed by atoms with Crippen molar-refractivity contribution in [1.82, 2.24) is 4.90 Å². The molecule has 17 heavy (non-hydrogen) atoms. The highest BCUT2D eigenvalue weighted by molar-refractivity contribution is 5.91. The molecule has 0 aliphatic carbocycles. The minimum absolute atomic E-state index is 0.0370. The Morgan fingerprint density at radius 1 is 1.65 bits per heavy atom. The topological polar surface area (TPSA) is 59.5 Å². The number of rotatable bonds is 3. The second-order valence-corrected chi connectivity index (χ2v) is 4.46. The highest BCUT2D eigenvalue weighted by Gasteiger charge is 2.23. The van der Waals surface area contributed by atoms with Gasteiger partial charge in [-0.25, -0.2) is 0 Å². The number of furan rings is 1. The van der Waals surface area contributed by atoms with Crippen molar-refractivity contribution >= 4 is 12.0 Å². The standard InChI is InChI=1S/C13H18N2O2/c1-10-2-3-12(17-10)4-5-13(16)15-7-6-11(8-14)9-15/h2-5,11H,6-9,14H2,1H3. The third-order valence-electron chi connectivity index (χ3n) is 3.08. The van der Waals surface area contributed by atoms with Crippen molar-refractivity contribution in [3.63, 3.8) is 0 Å². The number of hydrogen-bond acceptors (Lipinski definition) is 3. The van der Waals surface area contributed by atoms with E-state index in [4.69, 9.17) is 10.2 Å². The lowest BCUT2D eigenvalue weighted by Crippen LogP contribution is -2.28. The summed E-state index contributed by atoms with van der Waals surface area (Å²) in [6, 6.07) is 3.73. The van der Waals surface area contributed by atoms with Gasteiger partial charge in [-0.05, 0) is 44.0 Å². The monoisotopic (exact) mass is 234 g/mol. The zero-order valence-corrected chi connectivity index (χ0v) is 10.1. The molecule has 2 heterocycles. The van der Waals surface area contributed by atoms with Crippen LogP contribution in [0.4, 0.5) is 0 Å². The highest BCUT2D eigenvalue weighted by atomic mass is 16.3. The molecule has 1 aliphatic heterocycles. The molecular formula is C13H18N2O2. The van der Waals surface area contributed by atoms with Crippen LogP contribution in [0.3, 0.4) is 0 Å². The van der Waals surface area contributed by atoms with E-state index in [2.05, 4.69) is 0 Å². The number of likely N-dealkylation sites (tertiary alicyclic amines) is 1. The Hall–Kier alpha value is -1.55. The van der Waals surface area contributed by atoms with E-state index >= 15 is 0 Å². The van der Waals surface area contributed by atoms with Crippen molar-refractivity contribution in [2.45, 2.75) is 13.3 Å². The van der Waals surface area contributed by atoms with Gasteiger partial charge in [-0.1, -0.05) is 0 Å². The van der Waals surface area contributed by atoms with E-state index in [1.54, 1.807) is 12.2 Å². The van der Waals surface area contributed by atoms with E-state index in [9.17, 15) is 4.79 Å². The molecule has 2 rings (SSSR count). The Labute approximate surface area is 101 Å². The minimum Gasteiger partial charge on any atom is -0.462 e. The predicted molar refractivity (Wildman–Crippen MR) is 66.2 cm³/mol. The summed E-state index contributed by atoms with van der Waals surface area (Å²) in [7, 11) is 0. The number of amides is 1. The Kier molecular flexibility index (Phi) is 3.64. The summed E-state index contributed by atoms with van der Waals surface area (Å²) in [6.07, 6.45) is 4.29. The lowest BCUT2D eigenvalue weighted by Gasteiger charge is -2.13. The van der Waals surface area contributed by atoms with Crippen LogP contribution in [0.1, 0.15) is 17.9 Å². The van der Waals surface area contributed by atoms with E-state index in [0.29, 0.717) is 18.2 Å². The molecule has 1 unspecified atom stereocenters. The summed E-state index contributed by atoms with van der Waals surface area (Å²) < 4.78 is 5.36. The van der Waals surface area contributed by atoms with Gasteiger partial charge in [-0.15, -0.1) is 0 Å². The molecule has 2 N–H and O–H groups in total. The second-order valence-electron chi connectivity index (χ2n) is 4.46. The highest BCUT2D eigenvalue weighted by Crippen LogP contribution is 2.15. The van der Waals surface area contributed by atoms with Crippen LogP contribution in [0.2, 0.25) is 0 Å². The van der Waals surface area contributed by atoms with Gasteiger partial charge in [-0.2, -0.15) is 0 Å². The summed E-state index contributed by atoms with van der Waals surface area (Å²) in [5, 5.41) is 0. The zero-order chi connectivity index (χ0) is 12.3. The van der Waals surface area contributed by atoms with Gasteiger partial charge in [0.25, 0.3) is 0 Å². The van der Waals surface area contributed by atoms with Gasteiger partial charge in [0.1, 0.15) is 11.5 Å². The molecule has 0 radical (unpaired) electrons. The number of carbonyl (C=O) groups excluding carboxylic acids is 1. The smallest absolute Gasteiger partial charge is 0.246 e. The first-order valence-electron chi connectivity index (χ1n) is 5.92. The Morgan fingerprint density at radius 3 is 3.06 bits per heavy atom. The Balaban J connectivity index is 1.91. The molecule has 1 aromatic rings. The molecule has 4 nitrogen and oxygen atoms in total. The van der Waals surface area contributed by atoms with Gasteiger partial charge >= 0.3 is 0 Å². The number of nitrogens with zero attached hydrogens (tertiary/aromatic N) is 1. The molecule has 0 bridgehead atoms. The van der Waals surface area contributed by atoms with Gasteiger partial charge in [-0.3, -0.25) is 4.79 Å². The molecule has 1 fully saturated rings. The molecule has 1 amide bonds. The van der Waals surface area contributed by atoms with Crippen molar-refractivity contribution in [2.24, 2.45) is 11.7 Å². The van der Waals surface area contributed by atoms with Crippen molar-refractivity contribution < 1.29 is 9.21 Å². The van der Waals surface area contributed by atoms with E-state index < -0.39 is 0 Å². The molecule has 4 heteroatoms. The molecular weight excluding hydrogens is 216 g/mol. The molecule has 92 valence electrons. The van der Waals surface area contributed by atoms with Crippen molar-refractivity contribution in [2.75, 3.05) is 19.6 Å². The first-order chi connectivity index (χ1) is 8.19. The molecule has 1 saturated heterocycles. The van der Waals surface area contributed by atoms with Crippen LogP contribution in [-0.2, 0) is 4.79 Å². The van der Waals surface area contributed by atoms with Crippen LogP contribution in [-0.4, -0.2) is 30.4 Å². The predicted octanol–water partition coefficient (Wildman–Crippen LogP) is 1.41. The van der Waals surface area contributed by atoms with E-state index in [-0.39, 0.29) is 5.91 Å². The summed E-state index contributed by atoms with van der Waals surface area (Å²) in [6.45, 7) is 4.12. The fourth-order valence-corrected chi connectivity index (χ4v) is 2.03. The maximum Gasteiger partial charge on any atom is 0.246 e. The molecule has 1 aliphatic rings. The van der Waals surface area contributed by atoms with Gasteiger partial charge in [0.15, 0.2) is 0 Å². The number of hydrogen-bond donors (Lipinski definition) is 1. The third kappa shape index (κ3) is 2.97. The lowest BCUT2D eigenvalue weighted by atomic mass is 10.1. The second kappa shape index (κ2) is 5.19. The molecule has 1 aromatic heterocycles. The van der Waals surface area contributed by atoms with Gasteiger partial charge in [0.2, 0.25) is 5.91 Å². The Bertz CT molecular complexity index is 423. The lowest BCUT2D eigenvalue weighted by molar-refractivity contribution is -0.125. The maximum atomic E-state index is 11.8. The number of nitrogens with two attached hydrogens (primary N) is 1. The van der Waals surface area contributed by atoms with Crippen LogP contribution in [0.5, 0.6) is 0 Å². The summed E-state index contributed by atoms with van der Waals surface area (Å²) in [4.78, 5) is 13.7. The van der Waals surface area contributed by atoms with Crippen LogP contribution < -0.4 is 5.73 Å². The Morgan fingerprint density at radius 2 is 2.47 bits per heavy atom. The summed E-state index contributed by atoms with van der Waals surface area (Å²) in [5.74, 6) is 2.06. The average Bonchev–Trinajstić information content (AvgIpc) is 2.94. The normalized spacial score (nSPS) is 20.4. The van der Waals surface area contributed by atoms with Crippen molar-refractivity contribution in [3.8, 4) is 0 Å². The summed E-state index contributed by atoms with van der Waals surface area (Å²) >= 11 is 0. The molecule has 0 spiro atoms. The fraction of sp³-hybridized carbons (Fsp3) is 0.462. The van der Waals surface area contributed by atoms with Gasteiger partial charge in [0, 0.05) is 19.2 Å². The van der Waals surface area contributed by atoms with Crippen LogP contribution >= 0.6 is 0 Å². The quantitative estimate of drug-likeness (QED) is 0.804. The van der Waals surface area contributed by atoms with Crippen LogP contribution in [0.15, 0.2) is 22.6 Å². The van der Waals surface area contributed by atoms with Gasteiger partial charge < -0.3 is 15.1 Å². The van der Waals surface area contributed by atoms with Crippen LogP contribution in [0.25, 0.3) is 6.08 Å². The first-order valence-corrected chi connectivity index (χ1v) is 5.92. The first kappa shape index (κ1) is 11.9. The van der Waals surface area contributed by atoms with Crippen LogP contribution in [0, 0.1) is 12.8 Å². The van der Waals surface area contributed by atoms with Gasteiger partial charge in [0.05, 0.1) is 0 Å². The number of aryl methyl sites for hydroxylation is 1. The SMILES string of the molecule is Cc1ccc(C=CC(=O)N2CCC(CN)C2)o1. The zero-order valence-electron chi connectivity index (χ0n) is 10.1. The van der Waals surface area contributed by atoms with E-state index in [0.717, 1.165) is 25.3 Å².